The molecule has 7 nitrogen and oxygen atoms in total. The molecule has 0 aromatic heterocycles. The summed E-state index contributed by atoms with van der Waals surface area (Å²) in [5, 5.41) is 9.63. The molecule has 3 heterocycles. The number of carbonyl (C=O) groups is 3. The fourth-order valence-corrected chi connectivity index (χ4v) is 8.70. The first kappa shape index (κ1) is 28.7. The number of carbonyl (C=O) groups excluding carboxylic acids is 3. The van der Waals surface area contributed by atoms with Crippen molar-refractivity contribution in [3.05, 3.63) is 54.6 Å². The van der Waals surface area contributed by atoms with Crippen LogP contribution in [-0.4, -0.2) is 70.1 Å². The van der Waals surface area contributed by atoms with Crippen LogP contribution >= 0.6 is 23.4 Å². The van der Waals surface area contributed by atoms with Crippen LogP contribution in [0.1, 0.15) is 44.9 Å². The van der Waals surface area contributed by atoms with E-state index in [2.05, 4.69) is 13.2 Å². The molecule has 3 aliphatic heterocycles. The molecule has 9 heteroatoms. The van der Waals surface area contributed by atoms with Crippen LogP contribution in [0.15, 0.2) is 49.6 Å². The number of allylic oxidation sites excluding steroid dienone is 1. The molecule has 1 aromatic rings. The number of hydrogen-bond acceptors (Lipinski definition) is 6. The molecular formula is C29H37ClN2O5S. The number of aliphatic hydroxyl groups is 1. The van der Waals surface area contributed by atoms with Crippen LogP contribution in [0.5, 0.6) is 0 Å². The van der Waals surface area contributed by atoms with Gasteiger partial charge in [0.05, 0.1) is 33.9 Å². The summed E-state index contributed by atoms with van der Waals surface area (Å²) < 4.78 is 4.93. The standard InChI is InChI=1S/C29H37ClN2O5S/c1-3-5-11-19-37-28(36)23-22-14-15-29(38-22)24(23)26(34)32(17-9-6-10-18-33)25(29)27(35)31(16-4-2)21-13-8-7-12-20(21)30/h3-4,7-8,12-13,22-25,33H,1-2,5-6,9-11,14-19H2/t22-,23+,24-,25?,29?/m0/s1. The Morgan fingerprint density at radius 1 is 1.21 bits per heavy atom. The number of ether oxygens (including phenoxy) is 1. The van der Waals surface area contributed by atoms with Crippen molar-refractivity contribution >= 4 is 46.8 Å². The summed E-state index contributed by atoms with van der Waals surface area (Å²) in [7, 11) is 0. The Hall–Kier alpha value is -2.29. The van der Waals surface area contributed by atoms with E-state index >= 15 is 0 Å². The number of esters is 1. The lowest BCUT2D eigenvalue weighted by Gasteiger charge is -2.37. The maximum atomic E-state index is 14.4. The fraction of sp³-hybridized carbons (Fsp3) is 0.552. The number of nitrogens with zero attached hydrogens (tertiary/aromatic N) is 2. The first-order valence-electron chi connectivity index (χ1n) is 13.4. The number of likely N-dealkylation sites (tertiary alicyclic amines) is 1. The number of halogens is 1. The van der Waals surface area contributed by atoms with Crippen LogP contribution in [0.2, 0.25) is 5.02 Å². The molecule has 4 rings (SSSR count). The van der Waals surface area contributed by atoms with Crippen molar-refractivity contribution in [1.82, 2.24) is 4.90 Å². The average Bonchev–Trinajstić information content (AvgIpc) is 3.55. The number of aliphatic hydroxyl groups excluding tert-OH is 1. The van der Waals surface area contributed by atoms with Crippen LogP contribution < -0.4 is 4.90 Å². The van der Waals surface area contributed by atoms with Crippen molar-refractivity contribution in [2.45, 2.75) is 61.0 Å². The van der Waals surface area contributed by atoms with Crippen LogP contribution in [0.3, 0.4) is 0 Å². The third-order valence-corrected chi connectivity index (χ3v) is 10.2. The summed E-state index contributed by atoms with van der Waals surface area (Å²) in [5.41, 5.74) is 0.572. The zero-order valence-corrected chi connectivity index (χ0v) is 23.3. The maximum Gasteiger partial charge on any atom is 0.310 e. The second-order valence-electron chi connectivity index (χ2n) is 10.2. The lowest BCUT2D eigenvalue weighted by molar-refractivity contribution is -0.154. The van der Waals surface area contributed by atoms with Crippen molar-refractivity contribution in [2.24, 2.45) is 11.8 Å². The summed E-state index contributed by atoms with van der Waals surface area (Å²) in [4.78, 5) is 45.1. The highest BCUT2D eigenvalue weighted by molar-refractivity contribution is 8.02. The molecule has 1 spiro atoms. The van der Waals surface area contributed by atoms with Gasteiger partial charge in [-0.15, -0.1) is 24.9 Å². The van der Waals surface area contributed by atoms with E-state index in [0.717, 1.165) is 19.3 Å². The van der Waals surface area contributed by atoms with Gasteiger partial charge in [0.2, 0.25) is 5.91 Å². The van der Waals surface area contributed by atoms with E-state index in [9.17, 15) is 19.5 Å². The number of anilines is 1. The molecule has 3 aliphatic rings. The van der Waals surface area contributed by atoms with Crippen molar-refractivity contribution in [3.8, 4) is 0 Å². The Bertz CT molecular complexity index is 1070. The summed E-state index contributed by atoms with van der Waals surface area (Å²) in [6, 6.07) is 6.45. The second-order valence-corrected chi connectivity index (χ2v) is 12.2. The monoisotopic (exact) mass is 560 g/mol. The molecule has 2 bridgehead atoms. The Kier molecular flexibility index (Phi) is 9.60. The van der Waals surface area contributed by atoms with Crippen molar-refractivity contribution in [3.63, 3.8) is 0 Å². The molecular weight excluding hydrogens is 524 g/mol. The third kappa shape index (κ3) is 5.27. The van der Waals surface area contributed by atoms with Gasteiger partial charge >= 0.3 is 5.97 Å². The van der Waals surface area contributed by atoms with Crippen molar-refractivity contribution < 1.29 is 24.2 Å². The van der Waals surface area contributed by atoms with Gasteiger partial charge in [0.1, 0.15) is 6.04 Å². The number of rotatable bonds is 14. The quantitative estimate of drug-likeness (QED) is 0.203. The molecule has 5 atom stereocenters. The molecule has 206 valence electrons. The molecule has 0 aliphatic carbocycles. The highest BCUT2D eigenvalue weighted by Gasteiger charge is 2.74. The topological polar surface area (TPSA) is 87.2 Å². The third-order valence-electron chi connectivity index (χ3n) is 7.88. The van der Waals surface area contributed by atoms with E-state index in [1.165, 1.54) is 0 Å². The predicted molar refractivity (Wildman–Crippen MR) is 151 cm³/mol. The van der Waals surface area contributed by atoms with Crippen LogP contribution in [-0.2, 0) is 19.1 Å². The lowest BCUT2D eigenvalue weighted by Crippen LogP contribution is -2.55. The fourth-order valence-electron chi connectivity index (χ4n) is 6.26. The number of hydrogen-bond donors (Lipinski definition) is 1. The minimum atomic E-state index is -0.723. The summed E-state index contributed by atoms with van der Waals surface area (Å²) >= 11 is 8.13. The van der Waals surface area contributed by atoms with Gasteiger partial charge in [-0.25, -0.2) is 0 Å². The van der Waals surface area contributed by atoms with Gasteiger partial charge in [-0.3, -0.25) is 14.4 Å². The first-order chi connectivity index (χ1) is 18.4. The van der Waals surface area contributed by atoms with E-state index < -0.39 is 22.6 Å². The van der Waals surface area contributed by atoms with Crippen LogP contribution in [0.4, 0.5) is 5.69 Å². The van der Waals surface area contributed by atoms with E-state index in [0.29, 0.717) is 49.5 Å². The highest BCUT2D eigenvalue weighted by Crippen LogP contribution is 2.66. The molecule has 0 saturated carbocycles. The second kappa shape index (κ2) is 12.7. The van der Waals surface area contributed by atoms with Gasteiger partial charge in [-0.1, -0.05) is 35.9 Å². The Balaban J connectivity index is 1.67. The van der Waals surface area contributed by atoms with E-state index in [4.69, 9.17) is 16.3 Å². The van der Waals surface area contributed by atoms with Crippen molar-refractivity contribution in [1.29, 1.82) is 0 Å². The van der Waals surface area contributed by atoms with Gasteiger partial charge in [-0.05, 0) is 57.1 Å². The summed E-state index contributed by atoms with van der Waals surface area (Å²) in [5.74, 6) is -1.84. The molecule has 0 radical (unpaired) electrons. The van der Waals surface area contributed by atoms with E-state index in [1.807, 2.05) is 12.1 Å². The van der Waals surface area contributed by atoms with Gasteiger partial charge in [0.25, 0.3) is 5.91 Å². The smallest absolute Gasteiger partial charge is 0.310 e. The largest absolute Gasteiger partial charge is 0.465 e. The zero-order valence-electron chi connectivity index (χ0n) is 21.7. The SMILES string of the molecule is C=CCCCOC(=O)[C@@H]1[C@@H]2CCC3(S2)C(C(=O)N(CC=C)c2ccccc2Cl)N(CCCCCO)C(=O)[C@H]13. The maximum absolute atomic E-state index is 14.4. The van der Waals surface area contributed by atoms with Gasteiger partial charge in [0.15, 0.2) is 0 Å². The van der Waals surface area contributed by atoms with Crippen molar-refractivity contribution in [2.75, 3.05) is 31.2 Å². The minimum Gasteiger partial charge on any atom is -0.465 e. The highest BCUT2D eigenvalue weighted by atomic mass is 35.5. The summed E-state index contributed by atoms with van der Waals surface area (Å²) in [6.45, 7) is 8.56. The number of amides is 2. The Labute approximate surface area is 234 Å². The molecule has 1 N–H and O–H groups in total. The first-order valence-corrected chi connectivity index (χ1v) is 14.7. The number of fused-ring (bicyclic) bond motifs is 1. The molecule has 2 amide bonds. The normalized spacial score (nSPS) is 27.3. The van der Waals surface area contributed by atoms with Crippen LogP contribution in [0.25, 0.3) is 0 Å². The molecule has 3 saturated heterocycles. The molecule has 1 aromatic carbocycles. The lowest BCUT2D eigenvalue weighted by atomic mass is 9.71. The molecule has 3 fully saturated rings. The van der Waals surface area contributed by atoms with Gasteiger partial charge in [-0.2, -0.15) is 0 Å². The minimum absolute atomic E-state index is 0.0455. The number of benzene rings is 1. The zero-order chi connectivity index (χ0) is 27.3. The summed E-state index contributed by atoms with van der Waals surface area (Å²) in [6.07, 6.45) is 8.37. The number of para-hydroxylation sites is 1. The van der Waals surface area contributed by atoms with E-state index in [-0.39, 0.29) is 36.2 Å². The van der Waals surface area contributed by atoms with Gasteiger partial charge in [0, 0.05) is 24.9 Å². The molecule has 2 unspecified atom stereocenters. The average molecular weight is 561 g/mol. The number of thioether (sulfide) groups is 1. The predicted octanol–water partition coefficient (Wildman–Crippen LogP) is 4.62. The van der Waals surface area contributed by atoms with Gasteiger partial charge < -0.3 is 19.6 Å². The van der Waals surface area contributed by atoms with Crippen LogP contribution in [0, 0.1) is 11.8 Å². The Morgan fingerprint density at radius 2 is 2.00 bits per heavy atom. The Morgan fingerprint density at radius 3 is 2.71 bits per heavy atom. The van der Waals surface area contributed by atoms with E-state index in [1.54, 1.807) is 45.8 Å². The molecule has 38 heavy (non-hydrogen) atoms. The number of unbranched alkanes of at least 4 members (excludes halogenated alkanes) is 3.